The van der Waals surface area contributed by atoms with Crippen LogP contribution in [0.15, 0.2) is 30.3 Å². The first-order chi connectivity index (χ1) is 10.8. The van der Waals surface area contributed by atoms with Crippen LogP contribution >= 0.6 is 0 Å². The highest BCUT2D eigenvalue weighted by atomic mass is 16.2. The number of amides is 4. The number of nitrogens with zero attached hydrogens (tertiary/aromatic N) is 1. The van der Waals surface area contributed by atoms with Crippen LogP contribution in [0.4, 0.5) is 4.79 Å². The molecular formula is C17H18N2O4. The Hall–Kier alpha value is -2.76. The molecule has 1 saturated heterocycles. The fourth-order valence-corrected chi connectivity index (χ4v) is 2.18. The van der Waals surface area contributed by atoms with E-state index >= 15 is 0 Å². The van der Waals surface area contributed by atoms with Crippen molar-refractivity contribution in [1.82, 2.24) is 10.2 Å². The molecule has 0 bridgehead atoms. The van der Waals surface area contributed by atoms with E-state index in [1.54, 1.807) is 6.08 Å². The van der Waals surface area contributed by atoms with Crippen molar-refractivity contribution in [2.24, 2.45) is 5.92 Å². The standard InChI is InChI=1S/C17H18N2O4/c1-10(2)12-7-4-11(5-8-12)6-9-13(20)14-15(21)18-17(23)19(3)16(14)22/h4-10,14H,1-3H3,(H,18,21,23)/b9-6+. The molecule has 1 unspecified atom stereocenters. The lowest BCUT2D eigenvalue weighted by Gasteiger charge is -2.25. The lowest BCUT2D eigenvalue weighted by atomic mass is 9.98. The first-order valence-electron chi connectivity index (χ1n) is 7.25. The maximum Gasteiger partial charge on any atom is 0.330 e. The van der Waals surface area contributed by atoms with E-state index in [0.29, 0.717) is 5.92 Å². The number of nitrogens with one attached hydrogen (secondary N) is 1. The predicted molar refractivity (Wildman–Crippen MR) is 84.4 cm³/mol. The maximum absolute atomic E-state index is 12.1. The Labute approximate surface area is 134 Å². The number of imide groups is 2. The smallest absolute Gasteiger partial charge is 0.293 e. The lowest BCUT2D eigenvalue weighted by molar-refractivity contribution is -0.145. The van der Waals surface area contributed by atoms with Gasteiger partial charge in [-0.2, -0.15) is 0 Å². The Morgan fingerprint density at radius 3 is 2.35 bits per heavy atom. The zero-order valence-electron chi connectivity index (χ0n) is 13.2. The number of carbonyl (C=O) groups excluding carboxylic acids is 4. The molecule has 1 fully saturated rings. The third-order valence-electron chi connectivity index (χ3n) is 3.70. The summed E-state index contributed by atoms with van der Waals surface area (Å²) >= 11 is 0. The monoisotopic (exact) mass is 314 g/mol. The van der Waals surface area contributed by atoms with Crippen LogP contribution in [0.25, 0.3) is 6.08 Å². The van der Waals surface area contributed by atoms with Crippen LogP contribution in [0.3, 0.4) is 0 Å². The van der Waals surface area contributed by atoms with E-state index in [2.05, 4.69) is 13.8 Å². The Morgan fingerprint density at radius 1 is 1.17 bits per heavy atom. The molecule has 2 rings (SSSR count). The van der Waals surface area contributed by atoms with Crippen LogP contribution < -0.4 is 5.32 Å². The average Bonchev–Trinajstić information content (AvgIpc) is 2.51. The molecule has 4 amide bonds. The van der Waals surface area contributed by atoms with E-state index in [1.165, 1.54) is 18.7 Å². The minimum Gasteiger partial charge on any atom is -0.293 e. The molecule has 1 heterocycles. The number of hydrogen-bond donors (Lipinski definition) is 1. The summed E-state index contributed by atoms with van der Waals surface area (Å²) in [7, 11) is 1.22. The number of carbonyl (C=O) groups is 4. The molecule has 1 aromatic carbocycles. The van der Waals surface area contributed by atoms with Gasteiger partial charge in [-0.3, -0.25) is 24.6 Å². The van der Waals surface area contributed by atoms with Gasteiger partial charge in [-0.25, -0.2) is 4.79 Å². The minimum absolute atomic E-state index is 0.409. The molecule has 120 valence electrons. The number of allylic oxidation sites excluding steroid dienone is 1. The summed E-state index contributed by atoms with van der Waals surface area (Å²) in [4.78, 5) is 47.7. The van der Waals surface area contributed by atoms with Crippen molar-refractivity contribution >= 4 is 29.7 Å². The molecule has 0 radical (unpaired) electrons. The van der Waals surface area contributed by atoms with E-state index < -0.39 is 29.5 Å². The SMILES string of the molecule is CC(C)c1ccc(/C=C/C(=O)C2C(=O)NC(=O)N(C)C2=O)cc1. The third kappa shape index (κ3) is 3.53. The summed E-state index contributed by atoms with van der Waals surface area (Å²) in [6, 6.07) is 6.81. The van der Waals surface area contributed by atoms with Gasteiger partial charge in [-0.05, 0) is 23.1 Å². The second kappa shape index (κ2) is 6.56. The highest BCUT2D eigenvalue weighted by Gasteiger charge is 2.42. The highest BCUT2D eigenvalue weighted by Crippen LogP contribution is 2.16. The number of benzene rings is 1. The number of barbiturate groups is 1. The number of urea groups is 1. The fraction of sp³-hybridized carbons (Fsp3) is 0.294. The third-order valence-corrected chi connectivity index (χ3v) is 3.70. The van der Waals surface area contributed by atoms with Crippen molar-refractivity contribution in [1.29, 1.82) is 0 Å². The summed E-state index contributed by atoms with van der Waals surface area (Å²) in [6.07, 6.45) is 2.74. The predicted octanol–water partition coefficient (Wildman–Crippen LogP) is 1.72. The van der Waals surface area contributed by atoms with Crippen LogP contribution in [-0.4, -0.2) is 35.6 Å². The van der Waals surface area contributed by atoms with Crippen molar-refractivity contribution in [3.05, 3.63) is 41.5 Å². The van der Waals surface area contributed by atoms with Gasteiger partial charge >= 0.3 is 6.03 Å². The van der Waals surface area contributed by atoms with Crippen LogP contribution in [0.2, 0.25) is 0 Å². The Kier molecular flexibility index (Phi) is 4.74. The van der Waals surface area contributed by atoms with Crippen LogP contribution in [0.1, 0.15) is 30.9 Å². The second-order valence-electron chi connectivity index (χ2n) is 5.68. The van der Waals surface area contributed by atoms with Gasteiger partial charge in [-0.1, -0.05) is 44.2 Å². The fourth-order valence-electron chi connectivity index (χ4n) is 2.18. The van der Waals surface area contributed by atoms with Crippen LogP contribution in [-0.2, 0) is 14.4 Å². The molecule has 1 aliphatic heterocycles. The number of rotatable bonds is 4. The maximum atomic E-state index is 12.1. The summed E-state index contributed by atoms with van der Waals surface area (Å²) in [5.74, 6) is -3.46. The van der Waals surface area contributed by atoms with E-state index in [4.69, 9.17) is 0 Å². The molecule has 6 heteroatoms. The van der Waals surface area contributed by atoms with Gasteiger partial charge in [0.2, 0.25) is 5.91 Å². The summed E-state index contributed by atoms with van der Waals surface area (Å²) in [6.45, 7) is 4.17. The van der Waals surface area contributed by atoms with Crippen LogP contribution in [0, 0.1) is 5.92 Å². The zero-order chi connectivity index (χ0) is 17.1. The van der Waals surface area contributed by atoms with Crippen molar-refractivity contribution in [2.45, 2.75) is 19.8 Å². The minimum atomic E-state index is -1.51. The van der Waals surface area contributed by atoms with Gasteiger partial charge in [0.1, 0.15) is 0 Å². The summed E-state index contributed by atoms with van der Waals surface area (Å²) in [5, 5.41) is 1.98. The molecule has 0 spiro atoms. The number of ketones is 1. The second-order valence-corrected chi connectivity index (χ2v) is 5.68. The van der Waals surface area contributed by atoms with Gasteiger partial charge in [0.25, 0.3) is 5.91 Å². The average molecular weight is 314 g/mol. The van der Waals surface area contributed by atoms with Gasteiger partial charge in [-0.15, -0.1) is 0 Å². The Balaban J connectivity index is 2.13. The van der Waals surface area contributed by atoms with E-state index in [-0.39, 0.29) is 0 Å². The molecule has 0 aromatic heterocycles. The molecule has 1 aromatic rings. The Morgan fingerprint density at radius 2 is 1.78 bits per heavy atom. The molecule has 1 atom stereocenters. The summed E-state index contributed by atoms with van der Waals surface area (Å²) in [5.41, 5.74) is 1.96. The van der Waals surface area contributed by atoms with Crippen molar-refractivity contribution in [3.63, 3.8) is 0 Å². The van der Waals surface area contributed by atoms with Gasteiger partial charge in [0, 0.05) is 7.05 Å². The van der Waals surface area contributed by atoms with Crippen molar-refractivity contribution < 1.29 is 19.2 Å². The first kappa shape index (κ1) is 16.6. The Bertz CT molecular complexity index is 689. The molecular weight excluding hydrogens is 296 g/mol. The van der Waals surface area contributed by atoms with Gasteiger partial charge in [0.05, 0.1) is 0 Å². The van der Waals surface area contributed by atoms with Crippen molar-refractivity contribution in [3.8, 4) is 0 Å². The first-order valence-corrected chi connectivity index (χ1v) is 7.25. The van der Waals surface area contributed by atoms with E-state index in [1.807, 2.05) is 29.6 Å². The number of hydrogen-bond acceptors (Lipinski definition) is 4. The van der Waals surface area contributed by atoms with Gasteiger partial charge in [0.15, 0.2) is 11.7 Å². The van der Waals surface area contributed by atoms with E-state index in [9.17, 15) is 19.2 Å². The topological polar surface area (TPSA) is 83.6 Å². The quantitative estimate of drug-likeness (QED) is 0.677. The van der Waals surface area contributed by atoms with E-state index in [0.717, 1.165) is 10.5 Å². The zero-order valence-corrected chi connectivity index (χ0v) is 13.2. The molecule has 1 aliphatic rings. The van der Waals surface area contributed by atoms with Crippen LogP contribution in [0.5, 0.6) is 0 Å². The molecule has 0 saturated carbocycles. The molecule has 1 N–H and O–H groups in total. The lowest BCUT2D eigenvalue weighted by Crippen LogP contribution is -2.58. The van der Waals surface area contributed by atoms with Crippen molar-refractivity contribution in [2.75, 3.05) is 7.05 Å². The molecule has 6 nitrogen and oxygen atoms in total. The largest absolute Gasteiger partial charge is 0.330 e. The normalized spacial score (nSPS) is 18.7. The van der Waals surface area contributed by atoms with Gasteiger partial charge < -0.3 is 0 Å². The summed E-state index contributed by atoms with van der Waals surface area (Å²) < 4.78 is 0. The highest BCUT2D eigenvalue weighted by molar-refractivity contribution is 6.28. The molecule has 0 aliphatic carbocycles. The molecule has 23 heavy (non-hydrogen) atoms.